The van der Waals surface area contributed by atoms with Crippen LogP contribution >= 0.6 is 0 Å². The fraction of sp³-hybridized carbons (Fsp3) is 0.296. The van der Waals surface area contributed by atoms with Gasteiger partial charge in [-0.2, -0.15) is 4.98 Å². The molecule has 0 N–H and O–H groups in total. The van der Waals surface area contributed by atoms with E-state index in [1.54, 1.807) is 23.9 Å². The molecule has 0 aliphatic rings. The SMILES string of the molecule is COCCOc1cccc(Cn2cc(-c3noc(-c4ccc(C(C)(C)C)cc4)n3)ccc2=O)c1. The second-order valence-electron chi connectivity index (χ2n) is 9.12. The minimum Gasteiger partial charge on any atom is -0.491 e. The Labute approximate surface area is 199 Å². The van der Waals surface area contributed by atoms with Gasteiger partial charge in [0.15, 0.2) is 0 Å². The van der Waals surface area contributed by atoms with Crippen molar-refractivity contribution in [1.82, 2.24) is 14.7 Å². The maximum atomic E-state index is 12.5. The molecule has 0 unspecified atom stereocenters. The molecule has 7 nitrogen and oxygen atoms in total. The van der Waals surface area contributed by atoms with Crippen LogP contribution in [0.5, 0.6) is 5.75 Å². The molecule has 34 heavy (non-hydrogen) atoms. The van der Waals surface area contributed by atoms with Gasteiger partial charge in [-0.05, 0) is 46.9 Å². The summed E-state index contributed by atoms with van der Waals surface area (Å²) in [4.78, 5) is 17.0. The first kappa shape index (κ1) is 23.4. The molecule has 4 rings (SSSR count). The van der Waals surface area contributed by atoms with Gasteiger partial charge in [-0.15, -0.1) is 0 Å². The molecule has 0 aliphatic heterocycles. The average Bonchev–Trinajstić information content (AvgIpc) is 3.31. The van der Waals surface area contributed by atoms with Gasteiger partial charge in [0.2, 0.25) is 5.82 Å². The maximum Gasteiger partial charge on any atom is 0.258 e. The molecule has 2 aromatic heterocycles. The molecule has 0 saturated carbocycles. The normalized spacial score (nSPS) is 11.5. The third kappa shape index (κ3) is 5.61. The van der Waals surface area contributed by atoms with Crippen LogP contribution in [0.4, 0.5) is 0 Å². The van der Waals surface area contributed by atoms with Crippen LogP contribution < -0.4 is 10.3 Å². The highest BCUT2D eigenvalue weighted by molar-refractivity contribution is 5.59. The van der Waals surface area contributed by atoms with Crippen LogP contribution in [0.2, 0.25) is 0 Å². The highest BCUT2D eigenvalue weighted by Gasteiger charge is 2.16. The van der Waals surface area contributed by atoms with Gasteiger partial charge in [0.05, 0.1) is 13.2 Å². The fourth-order valence-electron chi connectivity index (χ4n) is 3.53. The Kier molecular flexibility index (Phi) is 6.93. The summed E-state index contributed by atoms with van der Waals surface area (Å²) in [6.45, 7) is 7.89. The predicted molar refractivity (Wildman–Crippen MR) is 131 cm³/mol. The van der Waals surface area contributed by atoms with Crippen LogP contribution in [-0.2, 0) is 16.7 Å². The lowest BCUT2D eigenvalue weighted by atomic mass is 9.87. The molecule has 0 fully saturated rings. The van der Waals surface area contributed by atoms with E-state index in [9.17, 15) is 4.79 Å². The minimum atomic E-state index is -0.115. The molecular formula is C27H29N3O4. The van der Waals surface area contributed by atoms with E-state index in [0.29, 0.717) is 37.0 Å². The van der Waals surface area contributed by atoms with Gasteiger partial charge in [-0.25, -0.2) is 0 Å². The zero-order valence-electron chi connectivity index (χ0n) is 19.9. The topological polar surface area (TPSA) is 79.4 Å². The van der Waals surface area contributed by atoms with Crippen molar-refractivity contribution in [2.45, 2.75) is 32.7 Å². The Hall–Kier alpha value is -3.71. The van der Waals surface area contributed by atoms with Crippen LogP contribution in [-0.4, -0.2) is 35.0 Å². The molecule has 2 heterocycles. The van der Waals surface area contributed by atoms with Crippen LogP contribution in [0.25, 0.3) is 22.8 Å². The molecule has 7 heteroatoms. The van der Waals surface area contributed by atoms with E-state index < -0.39 is 0 Å². The van der Waals surface area contributed by atoms with Crippen molar-refractivity contribution in [2.24, 2.45) is 0 Å². The molecule has 0 spiro atoms. The lowest BCUT2D eigenvalue weighted by molar-refractivity contribution is 0.146. The molecule has 0 saturated heterocycles. The number of hydrogen-bond acceptors (Lipinski definition) is 6. The number of nitrogens with zero attached hydrogens (tertiary/aromatic N) is 3. The summed E-state index contributed by atoms with van der Waals surface area (Å²) in [5.41, 5.74) is 3.69. The van der Waals surface area contributed by atoms with Crippen LogP contribution in [0.3, 0.4) is 0 Å². The number of methoxy groups -OCH3 is 1. The highest BCUT2D eigenvalue weighted by atomic mass is 16.5. The Balaban J connectivity index is 1.53. The fourth-order valence-corrected chi connectivity index (χ4v) is 3.53. The average molecular weight is 460 g/mol. The van der Waals surface area contributed by atoms with E-state index in [4.69, 9.17) is 14.0 Å². The van der Waals surface area contributed by atoms with Crippen molar-refractivity contribution in [3.05, 3.63) is 88.3 Å². The molecule has 176 valence electrons. The summed E-state index contributed by atoms with van der Waals surface area (Å²) >= 11 is 0. The van der Waals surface area contributed by atoms with E-state index in [1.165, 1.54) is 11.6 Å². The van der Waals surface area contributed by atoms with Crippen LogP contribution in [0, 0.1) is 0 Å². The quantitative estimate of drug-likeness (QED) is 0.348. The molecule has 0 aliphatic carbocycles. The first-order valence-electron chi connectivity index (χ1n) is 11.2. The standard InChI is InChI=1S/C27H29N3O4/c1-27(2,3)22-11-8-20(9-12-22)26-28-25(29-34-26)21-10-13-24(31)30(18-21)17-19-6-5-7-23(16-19)33-15-14-32-4/h5-13,16,18H,14-15,17H2,1-4H3. The van der Waals surface area contributed by atoms with E-state index in [2.05, 4.69) is 43.0 Å². The molecule has 0 bridgehead atoms. The third-order valence-corrected chi connectivity index (χ3v) is 5.47. The number of pyridine rings is 1. The maximum absolute atomic E-state index is 12.5. The van der Waals surface area contributed by atoms with Crippen molar-refractivity contribution >= 4 is 0 Å². The summed E-state index contributed by atoms with van der Waals surface area (Å²) in [5.74, 6) is 1.61. The first-order chi connectivity index (χ1) is 16.3. The summed E-state index contributed by atoms with van der Waals surface area (Å²) in [7, 11) is 1.63. The highest BCUT2D eigenvalue weighted by Crippen LogP contribution is 2.26. The van der Waals surface area contributed by atoms with Gasteiger partial charge in [-0.3, -0.25) is 4.79 Å². The lowest BCUT2D eigenvalue weighted by Gasteiger charge is -2.18. The lowest BCUT2D eigenvalue weighted by Crippen LogP contribution is -2.19. The van der Waals surface area contributed by atoms with Crippen molar-refractivity contribution in [3.8, 4) is 28.6 Å². The Morgan fingerprint density at radius 3 is 2.47 bits per heavy atom. The number of ether oxygens (including phenoxy) is 2. The summed E-state index contributed by atoms with van der Waals surface area (Å²) in [6, 6.07) is 19.0. The van der Waals surface area contributed by atoms with E-state index in [-0.39, 0.29) is 11.0 Å². The molecular weight excluding hydrogens is 430 g/mol. The Morgan fingerprint density at radius 2 is 1.74 bits per heavy atom. The number of aromatic nitrogens is 3. The van der Waals surface area contributed by atoms with Gasteiger partial charge >= 0.3 is 0 Å². The van der Waals surface area contributed by atoms with Crippen molar-refractivity contribution in [1.29, 1.82) is 0 Å². The van der Waals surface area contributed by atoms with Gasteiger partial charge in [-0.1, -0.05) is 50.2 Å². The number of hydrogen-bond donors (Lipinski definition) is 0. The van der Waals surface area contributed by atoms with E-state index in [1.807, 2.05) is 36.4 Å². The largest absolute Gasteiger partial charge is 0.491 e. The number of benzene rings is 2. The molecule has 0 radical (unpaired) electrons. The molecule has 0 atom stereocenters. The van der Waals surface area contributed by atoms with Crippen molar-refractivity contribution < 1.29 is 14.0 Å². The molecule has 4 aromatic rings. The van der Waals surface area contributed by atoms with Gasteiger partial charge in [0.25, 0.3) is 11.4 Å². The summed E-state index contributed by atoms with van der Waals surface area (Å²) < 4.78 is 17.8. The third-order valence-electron chi connectivity index (χ3n) is 5.47. The van der Waals surface area contributed by atoms with Crippen molar-refractivity contribution in [2.75, 3.05) is 20.3 Å². The van der Waals surface area contributed by atoms with Crippen molar-refractivity contribution in [3.63, 3.8) is 0 Å². The summed E-state index contributed by atoms with van der Waals surface area (Å²) in [6.07, 6.45) is 1.75. The van der Waals surface area contributed by atoms with Gasteiger partial charge in [0.1, 0.15) is 12.4 Å². The second-order valence-corrected chi connectivity index (χ2v) is 9.12. The Bertz CT molecular complexity index is 1300. The van der Waals surface area contributed by atoms with Crippen LogP contribution in [0.1, 0.15) is 31.9 Å². The van der Waals surface area contributed by atoms with Crippen LogP contribution in [0.15, 0.2) is 76.2 Å². The molecule has 0 amide bonds. The smallest absolute Gasteiger partial charge is 0.258 e. The van der Waals surface area contributed by atoms with E-state index >= 15 is 0 Å². The second kappa shape index (κ2) is 10.1. The minimum absolute atomic E-state index is 0.0712. The Morgan fingerprint density at radius 1 is 0.971 bits per heavy atom. The zero-order valence-corrected chi connectivity index (χ0v) is 19.9. The molecule has 2 aromatic carbocycles. The van der Waals surface area contributed by atoms with Gasteiger partial charge < -0.3 is 18.6 Å². The number of rotatable bonds is 8. The van der Waals surface area contributed by atoms with Gasteiger partial charge in [0, 0.05) is 30.5 Å². The monoisotopic (exact) mass is 459 g/mol. The predicted octanol–water partition coefficient (Wildman–Crippen LogP) is 4.94. The van der Waals surface area contributed by atoms with E-state index in [0.717, 1.165) is 16.9 Å². The first-order valence-corrected chi connectivity index (χ1v) is 11.2. The summed E-state index contributed by atoms with van der Waals surface area (Å²) in [5, 5.41) is 4.13. The zero-order chi connectivity index (χ0) is 24.1.